The number of benzene rings is 1. The number of halogens is 1. The summed E-state index contributed by atoms with van der Waals surface area (Å²) in [4.78, 5) is 11.8. The molecule has 0 bridgehead atoms. The van der Waals surface area contributed by atoms with Crippen LogP contribution in [0, 0.1) is 5.92 Å². The molecule has 108 valence electrons. The molecule has 1 aliphatic carbocycles. The number of allylic oxidation sites excluding steroid dienone is 1. The summed E-state index contributed by atoms with van der Waals surface area (Å²) in [7, 11) is 1.55. The van der Waals surface area contributed by atoms with Gasteiger partial charge in [0.1, 0.15) is 5.75 Å². The second kappa shape index (κ2) is 7.20. The highest BCUT2D eigenvalue weighted by Gasteiger charge is 2.11. The van der Waals surface area contributed by atoms with E-state index in [2.05, 4.69) is 16.7 Å². The molecule has 2 amide bonds. The van der Waals surface area contributed by atoms with Crippen LogP contribution in [0.3, 0.4) is 0 Å². The van der Waals surface area contributed by atoms with E-state index in [1.807, 2.05) is 0 Å². The van der Waals surface area contributed by atoms with Crippen LogP contribution in [0.1, 0.15) is 25.7 Å². The lowest BCUT2D eigenvalue weighted by molar-refractivity contribution is 0.255. The number of anilines is 1. The zero-order valence-electron chi connectivity index (χ0n) is 11.5. The van der Waals surface area contributed by atoms with Crippen LogP contribution in [0.4, 0.5) is 10.5 Å². The molecule has 0 saturated heterocycles. The average molecular weight is 295 g/mol. The number of carbonyl (C=O) groups is 1. The first-order valence-electron chi connectivity index (χ1n) is 6.77. The molecule has 1 aliphatic rings. The zero-order valence-corrected chi connectivity index (χ0v) is 12.2. The molecule has 4 nitrogen and oxygen atoms in total. The maximum absolute atomic E-state index is 11.8. The fourth-order valence-corrected chi connectivity index (χ4v) is 2.52. The smallest absolute Gasteiger partial charge is 0.323 e. The van der Waals surface area contributed by atoms with Crippen LogP contribution in [0.2, 0.25) is 5.02 Å². The van der Waals surface area contributed by atoms with Crippen molar-refractivity contribution in [2.75, 3.05) is 12.4 Å². The van der Waals surface area contributed by atoms with E-state index < -0.39 is 0 Å². The van der Waals surface area contributed by atoms with Crippen molar-refractivity contribution in [2.24, 2.45) is 5.92 Å². The van der Waals surface area contributed by atoms with Crippen molar-refractivity contribution in [3.63, 3.8) is 0 Å². The summed E-state index contributed by atoms with van der Waals surface area (Å²) in [5.41, 5.74) is 0.548. The summed E-state index contributed by atoms with van der Waals surface area (Å²) < 4.78 is 5.17. The van der Waals surface area contributed by atoms with Gasteiger partial charge in [-0.15, -0.1) is 0 Å². The Kier molecular flexibility index (Phi) is 5.30. The van der Waals surface area contributed by atoms with Crippen molar-refractivity contribution >= 4 is 23.3 Å². The normalized spacial score (nSPS) is 15.5. The predicted molar refractivity (Wildman–Crippen MR) is 81.3 cm³/mol. The maximum Gasteiger partial charge on any atom is 0.323 e. The summed E-state index contributed by atoms with van der Waals surface area (Å²) in [6, 6.07) is 4.77. The van der Waals surface area contributed by atoms with E-state index in [4.69, 9.17) is 16.3 Å². The Morgan fingerprint density at radius 2 is 2.15 bits per heavy atom. The Labute approximate surface area is 124 Å². The van der Waals surface area contributed by atoms with Crippen LogP contribution < -0.4 is 15.4 Å². The Morgan fingerprint density at radius 1 is 1.40 bits per heavy atom. The summed E-state index contributed by atoms with van der Waals surface area (Å²) in [5.74, 6) is 1.17. The van der Waals surface area contributed by atoms with Crippen molar-refractivity contribution in [3.05, 3.63) is 35.5 Å². The number of urea groups is 1. The standard InChI is InChI=1S/C15H19ClN2O2/c1-20-14-7-6-12(16)10-13(14)18-15(19)17-9-8-11-4-2-3-5-11/h6-11H,2-5H2,1H3,(H2,17,18,19)/b9-8+. The van der Waals surface area contributed by atoms with Crippen molar-refractivity contribution in [1.29, 1.82) is 0 Å². The number of ether oxygens (including phenoxy) is 1. The van der Waals surface area contributed by atoms with Gasteiger partial charge in [0.2, 0.25) is 0 Å². The Morgan fingerprint density at radius 3 is 2.85 bits per heavy atom. The molecule has 0 radical (unpaired) electrons. The molecule has 0 unspecified atom stereocenters. The highest BCUT2D eigenvalue weighted by molar-refractivity contribution is 6.31. The lowest BCUT2D eigenvalue weighted by Gasteiger charge is -2.10. The number of hydrogen-bond acceptors (Lipinski definition) is 2. The molecular weight excluding hydrogens is 276 g/mol. The minimum absolute atomic E-state index is 0.306. The summed E-state index contributed by atoms with van der Waals surface area (Å²) in [6.45, 7) is 0. The van der Waals surface area contributed by atoms with E-state index in [1.54, 1.807) is 31.5 Å². The summed E-state index contributed by atoms with van der Waals surface area (Å²) in [6.07, 6.45) is 8.75. The van der Waals surface area contributed by atoms with E-state index in [9.17, 15) is 4.79 Å². The van der Waals surface area contributed by atoms with E-state index >= 15 is 0 Å². The predicted octanol–water partition coefficient (Wildman–Crippen LogP) is 4.17. The average Bonchev–Trinajstić information content (AvgIpc) is 2.92. The molecule has 0 aromatic heterocycles. The van der Waals surface area contributed by atoms with Crippen LogP contribution in [0.25, 0.3) is 0 Å². The van der Waals surface area contributed by atoms with Crippen LogP contribution in [0.5, 0.6) is 5.75 Å². The lowest BCUT2D eigenvalue weighted by Crippen LogP contribution is -2.24. The van der Waals surface area contributed by atoms with Crippen LogP contribution in [-0.4, -0.2) is 13.1 Å². The number of methoxy groups -OCH3 is 1. The molecule has 20 heavy (non-hydrogen) atoms. The van der Waals surface area contributed by atoms with E-state index in [0.29, 0.717) is 22.4 Å². The number of hydrogen-bond donors (Lipinski definition) is 2. The molecule has 0 spiro atoms. The highest BCUT2D eigenvalue weighted by atomic mass is 35.5. The van der Waals surface area contributed by atoms with Crippen molar-refractivity contribution < 1.29 is 9.53 Å². The van der Waals surface area contributed by atoms with Gasteiger partial charge < -0.3 is 15.4 Å². The Hall–Kier alpha value is -1.68. The molecule has 1 fully saturated rings. The summed E-state index contributed by atoms with van der Waals surface area (Å²) in [5, 5.41) is 5.96. The maximum atomic E-state index is 11.8. The zero-order chi connectivity index (χ0) is 14.4. The van der Waals surface area contributed by atoms with Crippen molar-refractivity contribution in [2.45, 2.75) is 25.7 Å². The van der Waals surface area contributed by atoms with Gasteiger partial charge in [0.05, 0.1) is 12.8 Å². The quantitative estimate of drug-likeness (QED) is 0.875. The number of amides is 2. The van der Waals surface area contributed by atoms with Gasteiger partial charge in [0.25, 0.3) is 0 Å². The van der Waals surface area contributed by atoms with E-state index in [-0.39, 0.29) is 6.03 Å². The molecule has 0 aliphatic heterocycles. The Bertz CT molecular complexity index is 497. The largest absolute Gasteiger partial charge is 0.495 e. The fourth-order valence-electron chi connectivity index (χ4n) is 2.35. The van der Waals surface area contributed by atoms with Gasteiger partial charge in [-0.25, -0.2) is 4.79 Å². The van der Waals surface area contributed by atoms with Gasteiger partial charge in [0.15, 0.2) is 0 Å². The van der Waals surface area contributed by atoms with Crippen molar-refractivity contribution in [1.82, 2.24) is 5.32 Å². The third kappa shape index (κ3) is 4.17. The van der Waals surface area contributed by atoms with Gasteiger partial charge in [-0.1, -0.05) is 30.5 Å². The molecule has 1 saturated carbocycles. The van der Waals surface area contributed by atoms with Crippen molar-refractivity contribution in [3.8, 4) is 5.75 Å². The Balaban J connectivity index is 1.89. The number of nitrogens with one attached hydrogen (secondary N) is 2. The van der Waals surface area contributed by atoms with Gasteiger partial charge in [-0.05, 0) is 37.0 Å². The molecule has 1 aromatic rings. The molecule has 5 heteroatoms. The molecule has 2 N–H and O–H groups in total. The van der Waals surface area contributed by atoms with Crippen LogP contribution in [0.15, 0.2) is 30.5 Å². The topological polar surface area (TPSA) is 50.4 Å². The highest BCUT2D eigenvalue weighted by Crippen LogP contribution is 2.27. The third-order valence-electron chi connectivity index (χ3n) is 3.39. The minimum atomic E-state index is -0.306. The molecule has 0 heterocycles. The first-order chi connectivity index (χ1) is 9.69. The minimum Gasteiger partial charge on any atom is -0.495 e. The van der Waals surface area contributed by atoms with Crippen LogP contribution in [-0.2, 0) is 0 Å². The second-order valence-electron chi connectivity index (χ2n) is 4.85. The first-order valence-corrected chi connectivity index (χ1v) is 7.14. The third-order valence-corrected chi connectivity index (χ3v) is 3.63. The van der Waals surface area contributed by atoms with Gasteiger partial charge in [-0.3, -0.25) is 0 Å². The lowest BCUT2D eigenvalue weighted by atomic mass is 10.1. The van der Waals surface area contributed by atoms with E-state index in [1.165, 1.54) is 25.7 Å². The van der Waals surface area contributed by atoms with Gasteiger partial charge in [0, 0.05) is 11.2 Å². The molecule has 2 rings (SSSR count). The number of carbonyl (C=O) groups excluding carboxylic acids is 1. The van der Waals surface area contributed by atoms with Crippen LogP contribution >= 0.6 is 11.6 Å². The SMILES string of the molecule is COc1ccc(Cl)cc1NC(=O)N/C=C/C1CCCC1. The number of rotatable bonds is 4. The monoisotopic (exact) mass is 294 g/mol. The van der Waals surface area contributed by atoms with Gasteiger partial charge in [-0.2, -0.15) is 0 Å². The van der Waals surface area contributed by atoms with Gasteiger partial charge >= 0.3 is 6.03 Å². The summed E-state index contributed by atoms with van der Waals surface area (Å²) >= 11 is 5.91. The molecule has 0 atom stereocenters. The second-order valence-corrected chi connectivity index (χ2v) is 5.28. The fraction of sp³-hybridized carbons (Fsp3) is 0.400. The molecule has 1 aromatic carbocycles. The first kappa shape index (κ1) is 14.7. The van der Waals surface area contributed by atoms with E-state index in [0.717, 1.165) is 0 Å². The molecular formula is C15H19ClN2O2.